The molecule has 3 rings (SSSR count). The van der Waals surface area contributed by atoms with Crippen LogP contribution in [0.5, 0.6) is 0 Å². The van der Waals surface area contributed by atoms with E-state index in [1.165, 1.54) is 18.2 Å². The Bertz CT molecular complexity index is 869. The van der Waals surface area contributed by atoms with Crippen LogP contribution < -0.4 is 0 Å². The summed E-state index contributed by atoms with van der Waals surface area (Å²) in [6.45, 7) is 0.0567. The standard InChI is InChI=1S/C17H10Cl2FNO2S/c18-12-5-4-11(14(19)8-12)9-21-16(22)15(24-17(21)23)7-10-2-1-3-13(20)6-10/h1-8H,9H2/b15-7+. The first-order chi connectivity index (χ1) is 11.4. The molecule has 2 aromatic carbocycles. The third-order valence-corrected chi connectivity index (χ3v) is 4.86. The molecule has 2 aromatic rings. The molecule has 1 aliphatic heterocycles. The Morgan fingerprint density at radius 2 is 1.92 bits per heavy atom. The van der Waals surface area contributed by atoms with E-state index in [9.17, 15) is 14.0 Å². The highest BCUT2D eigenvalue weighted by Crippen LogP contribution is 2.34. The summed E-state index contributed by atoms with van der Waals surface area (Å²) in [4.78, 5) is 25.9. The average molecular weight is 382 g/mol. The maximum atomic E-state index is 13.2. The van der Waals surface area contributed by atoms with Crippen LogP contribution in [0.4, 0.5) is 9.18 Å². The van der Waals surface area contributed by atoms with E-state index < -0.39 is 17.0 Å². The minimum absolute atomic E-state index is 0.0567. The number of amides is 2. The minimum atomic E-state index is -0.430. The lowest BCUT2D eigenvalue weighted by atomic mass is 10.2. The topological polar surface area (TPSA) is 37.4 Å². The number of halogens is 3. The molecule has 0 bridgehead atoms. The summed E-state index contributed by atoms with van der Waals surface area (Å²) in [5, 5.41) is 0.466. The molecule has 0 aliphatic carbocycles. The molecule has 0 unspecified atom stereocenters. The molecule has 0 N–H and O–H groups in total. The fourth-order valence-electron chi connectivity index (χ4n) is 2.20. The van der Waals surface area contributed by atoms with E-state index in [0.717, 1.165) is 16.7 Å². The van der Waals surface area contributed by atoms with Crippen molar-refractivity contribution in [3.8, 4) is 0 Å². The van der Waals surface area contributed by atoms with Gasteiger partial charge in [0, 0.05) is 10.0 Å². The Labute approximate surface area is 152 Å². The normalized spacial score (nSPS) is 16.3. The second-order valence-electron chi connectivity index (χ2n) is 5.06. The van der Waals surface area contributed by atoms with Crippen LogP contribution in [-0.2, 0) is 11.3 Å². The van der Waals surface area contributed by atoms with Crippen LogP contribution in [0.2, 0.25) is 10.0 Å². The highest BCUT2D eigenvalue weighted by atomic mass is 35.5. The summed E-state index contributed by atoms with van der Waals surface area (Å²) >= 11 is 12.7. The highest BCUT2D eigenvalue weighted by molar-refractivity contribution is 8.18. The van der Waals surface area contributed by atoms with Crippen LogP contribution in [-0.4, -0.2) is 16.0 Å². The van der Waals surface area contributed by atoms with Crippen LogP contribution >= 0.6 is 35.0 Å². The summed E-state index contributed by atoms with van der Waals surface area (Å²) in [5.74, 6) is -0.837. The smallest absolute Gasteiger partial charge is 0.268 e. The van der Waals surface area contributed by atoms with Gasteiger partial charge in [-0.1, -0.05) is 41.4 Å². The van der Waals surface area contributed by atoms with Gasteiger partial charge in [-0.15, -0.1) is 0 Å². The fraction of sp³-hybridized carbons (Fsp3) is 0.0588. The molecular weight excluding hydrogens is 372 g/mol. The molecule has 0 radical (unpaired) electrons. The van der Waals surface area contributed by atoms with Crippen molar-refractivity contribution < 1.29 is 14.0 Å². The molecule has 7 heteroatoms. The van der Waals surface area contributed by atoms with Crippen molar-refractivity contribution >= 4 is 52.2 Å². The summed E-state index contributed by atoms with van der Waals surface area (Å²) in [6, 6.07) is 10.7. The Kier molecular flexibility index (Phi) is 4.94. The number of hydrogen-bond acceptors (Lipinski definition) is 3. The summed E-state index contributed by atoms with van der Waals surface area (Å²) < 4.78 is 13.2. The summed E-state index contributed by atoms with van der Waals surface area (Å²) in [5.41, 5.74) is 1.14. The Morgan fingerprint density at radius 1 is 1.12 bits per heavy atom. The number of hydrogen-bond donors (Lipinski definition) is 0. The largest absolute Gasteiger partial charge is 0.293 e. The van der Waals surface area contributed by atoms with Gasteiger partial charge in [0.15, 0.2) is 0 Å². The lowest BCUT2D eigenvalue weighted by Gasteiger charge is -2.13. The van der Waals surface area contributed by atoms with Gasteiger partial charge in [0.25, 0.3) is 11.1 Å². The van der Waals surface area contributed by atoms with E-state index in [-0.39, 0.29) is 11.4 Å². The van der Waals surface area contributed by atoms with Crippen LogP contribution in [0, 0.1) is 5.82 Å². The molecule has 1 saturated heterocycles. The van der Waals surface area contributed by atoms with E-state index in [4.69, 9.17) is 23.2 Å². The van der Waals surface area contributed by atoms with Gasteiger partial charge in [-0.3, -0.25) is 14.5 Å². The molecule has 122 valence electrons. The lowest BCUT2D eigenvalue weighted by Crippen LogP contribution is -2.27. The van der Waals surface area contributed by atoms with Crippen molar-refractivity contribution in [2.24, 2.45) is 0 Å². The van der Waals surface area contributed by atoms with Crippen LogP contribution in [0.3, 0.4) is 0 Å². The molecule has 0 saturated carbocycles. The summed E-state index contributed by atoms with van der Waals surface area (Å²) in [7, 11) is 0. The first-order valence-electron chi connectivity index (χ1n) is 6.89. The zero-order chi connectivity index (χ0) is 17.3. The number of benzene rings is 2. The third kappa shape index (κ3) is 3.64. The molecule has 0 atom stereocenters. The first kappa shape index (κ1) is 17.0. The van der Waals surface area contributed by atoms with E-state index in [1.807, 2.05) is 0 Å². The Morgan fingerprint density at radius 3 is 2.62 bits per heavy atom. The second kappa shape index (κ2) is 6.97. The minimum Gasteiger partial charge on any atom is -0.268 e. The SMILES string of the molecule is O=C1S/C(=C/c2cccc(F)c2)C(=O)N1Cc1ccc(Cl)cc1Cl. The van der Waals surface area contributed by atoms with Gasteiger partial charge in [0.05, 0.1) is 11.4 Å². The fourth-order valence-corrected chi connectivity index (χ4v) is 3.51. The number of nitrogens with zero attached hydrogens (tertiary/aromatic N) is 1. The lowest BCUT2D eigenvalue weighted by molar-refractivity contribution is -0.123. The monoisotopic (exact) mass is 381 g/mol. The van der Waals surface area contributed by atoms with Crippen molar-refractivity contribution in [1.29, 1.82) is 0 Å². The van der Waals surface area contributed by atoms with E-state index >= 15 is 0 Å². The molecule has 0 aromatic heterocycles. The number of imide groups is 1. The molecule has 1 fully saturated rings. The molecule has 24 heavy (non-hydrogen) atoms. The van der Waals surface area contributed by atoms with Gasteiger partial charge in [-0.25, -0.2) is 4.39 Å². The number of carbonyl (C=O) groups is 2. The quantitative estimate of drug-likeness (QED) is 0.670. The Balaban J connectivity index is 1.84. The van der Waals surface area contributed by atoms with Crippen LogP contribution in [0.1, 0.15) is 11.1 Å². The second-order valence-corrected chi connectivity index (χ2v) is 6.90. The van der Waals surface area contributed by atoms with Crippen LogP contribution in [0.15, 0.2) is 47.4 Å². The first-order valence-corrected chi connectivity index (χ1v) is 8.46. The number of carbonyl (C=O) groups excluding carboxylic acids is 2. The summed E-state index contributed by atoms with van der Waals surface area (Å²) in [6.07, 6.45) is 1.50. The third-order valence-electron chi connectivity index (χ3n) is 3.36. The van der Waals surface area contributed by atoms with E-state index in [0.29, 0.717) is 21.2 Å². The molecule has 0 spiro atoms. The number of thioether (sulfide) groups is 1. The zero-order valence-electron chi connectivity index (χ0n) is 12.1. The molecule has 1 heterocycles. The van der Waals surface area contributed by atoms with Gasteiger partial charge in [-0.2, -0.15) is 0 Å². The average Bonchev–Trinajstić information content (AvgIpc) is 2.77. The zero-order valence-corrected chi connectivity index (χ0v) is 14.5. The van der Waals surface area contributed by atoms with Gasteiger partial charge < -0.3 is 0 Å². The van der Waals surface area contributed by atoms with Crippen molar-refractivity contribution in [1.82, 2.24) is 4.90 Å². The Hall–Kier alpha value is -1.82. The predicted molar refractivity (Wildman–Crippen MR) is 94.4 cm³/mol. The van der Waals surface area contributed by atoms with Gasteiger partial charge >= 0.3 is 0 Å². The number of rotatable bonds is 3. The molecule has 3 nitrogen and oxygen atoms in total. The molecule has 1 aliphatic rings. The van der Waals surface area contributed by atoms with Gasteiger partial charge in [0.1, 0.15) is 5.82 Å². The molecule has 2 amide bonds. The van der Waals surface area contributed by atoms with E-state index in [2.05, 4.69) is 0 Å². The molecular formula is C17H10Cl2FNO2S. The van der Waals surface area contributed by atoms with Gasteiger partial charge in [0.2, 0.25) is 0 Å². The van der Waals surface area contributed by atoms with Crippen molar-refractivity contribution in [2.45, 2.75) is 6.54 Å². The van der Waals surface area contributed by atoms with Crippen molar-refractivity contribution in [2.75, 3.05) is 0 Å². The maximum Gasteiger partial charge on any atom is 0.293 e. The predicted octanol–water partition coefficient (Wildman–Crippen LogP) is 5.37. The van der Waals surface area contributed by atoms with E-state index in [1.54, 1.807) is 30.3 Å². The van der Waals surface area contributed by atoms with Crippen LogP contribution in [0.25, 0.3) is 6.08 Å². The van der Waals surface area contributed by atoms with Crippen molar-refractivity contribution in [3.05, 3.63) is 74.4 Å². The maximum absolute atomic E-state index is 13.2. The van der Waals surface area contributed by atoms with Crippen molar-refractivity contribution in [3.63, 3.8) is 0 Å². The van der Waals surface area contributed by atoms with Gasteiger partial charge in [-0.05, 0) is 53.2 Å². The highest BCUT2D eigenvalue weighted by Gasteiger charge is 2.35.